The summed E-state index contributed by atoms with van der Waals surface area (Å²) < 4.78 is 5.62. The Labute approximate surface area is 201 Å². The number of carbonyl (C=O) groups is 2. The molecule has 0 aromatic heterocycles. The number of hydrogen-bond donors (Lipinski definition) is 3. The van der Waals surface area contributed by atoms with Gasteiger partial charge in [-0.05, 0) is 87.2 Å². The predicted octanol–water partition coefficient (Wildman–Crippen LogP) is 3.26. The summed E-state index contributed by atoms with van der Waals surface area (Å²) in [5.74, 6) is -0.0208. The lowest BCUT2D eigenvalue weighted by Gasteiger charge is -2.58. The van der Waals surface area contributed by atoms with Crippen LogP contribution in [0, 0.1) is 34.5 Å². The van der Waals surface area contributed by atoms with E-state index in [1.807, 2.05) is 13.0 Å². The number of carbonyl (C=O) groups excluding carboxylic acids is 2. The number of hydrogen-bond acceptors (Lipinski definition) is 6. The fourth-order valence-corrected chi connectivity index (χ4v) is 8.64. The van der Waals surface area contributed by atoms with Gasteiger partial charge in [-0.15, -0.1) is 0 Å². The molecular formula is C28H38O6. The second kappa shape index (κ2) is 7.87. The molecule has 2 fully saturated rings. The van der Waals surface area contributed by atoms with Crippen molar-refractivity contribution in [3.8, 4) is 0 Å². The van der Waals surface area contributed by atoms with Crippen LogP contribution >= 0.6 is 0 Å². The molecule has 0 spiro atoms. The van der Waals surface area contributed by atoms with Crippen molar-refractivity contribution in [1.82, 2.24) is 0 Å². The number of rotatable bonds is 3. The second-order valence-corrected chi connectivity index (χ2v) is 11.9. The predicted molar refractivity (Wildman–Crippen MR) is 126 cm³/mol. The summed E-state index contributed by atoms with van der Waals surface area (Å²) in [6, 6.07) is 0. The molecule has 0 aromatic carbocycles. The van der Waals surface area contributed by atoms with Crippen LogP contribution in [0.5, 0.6) is 0 Å². The summed E-state index contributed by atoms with van der Waals surface area (Å²) in [6.07, 6.45) is 9.01. The Bertz CT molecular complexity index is 1010. The Balaban J connectivity index is 1.46. The minimum absolute atomic E-state index is 0.100. The third kappa shape index (κ3) is 2.91. The molecule has 34 heavy (non-hydrogen) atoms. The lowest BCUT2D eigenvalue weighted by Crippen LogP contribution is -2.60. The number of ether oxygens (including phenoxy) is 1. The highest BCUT2D eigenvalue weighted by Gasteiger charge is 2.67. The van der Waals surface area contributed by atoms with Crippen molar-refractivity contribution in [3.05, 3.63) is 34.9 Å². The van der Waals surface area contributed by atoms with Crippen molar-refractivity contribution in [2.24, 2.45) is 34.5 Å². The van der Waals surface area contributed by atoms with E-state index in [1.54, 1.807) is 13.0 Å². The normalized spacial score (nSPS) is 46.9. The maximum absolute atomic E-state index is 13.1. The molecule has 6 heteroatoms. The zero-order valence-corrected chi connectivity index (χ0v) is 20.7. The molecule has 1 unspecified atom stereocenters. The van der Waals surface area contributed by atoms with Gasteiger partial charge in [-0.25, -0.2) is 4.79 Å². The summed E-state index contributed by atoms with van der Waals surface area (Å²) >= 11 is 0. The summed E-state index contributed by atoms with van der Waals surface area (Å²) in [5.41, 5.74) is -0.169. The van der Waals surface area contributed by atoms with Gasteiger partial charge in [-0.3, -0.25) is 4.79 Å². The molecule has 0 bridgehead atoms. The zero-order valence-electron chi connectivity index (χ0n) is 20.7. The number of aliphatic hydroxyl groups excluding tert-OH is 2. The van der Waals surface area contributed by atoms with Gasteiger partial charge in [-0.2, -0.15) is 0 Å². The average Bonchev–Trinajstić information content (AvgIpc) is 3.09. The molecule has 5 rings (SSSR count). The van der Waals surface area contributed by atoms with Crippen molar-refractivity contribution in [2.75, 3.05) is 6.61 Å². The van der Waals surface area contributed by atoms with Crippen LogP contribution in [-0.4, -0.2) is 51.5 Å². The first-order valence-corrected chi connectivity index (χ1v) is 12.8. The van der Waals surface area contributed by atoms with Gasteiger partial charge >= 0.3 is 5.97 Å². The monoisotopic (exact) mass is 470 g/mol. The Kier molecular flexibility index (Phi) is 5.55. The van der Waals surface area contributed by atoms with Crippen LogP contribution in [0.25, 0.3) is 0 Å². The van der Waals surface area contributed by atoms with Gasteiger partial charge < -0.3 is 20.1 Å². The number of esters is 1. The molecule has 2 saturated carbocycles. The fraction of sp³-hybridized carbons (Fsp3) is 0.714. The van der Waals surface area contributed by atoms with Crippen LogP contribution < -0.4 is 0 Å². The molecule has 6 nitrogen and oxygen atoms in total. The lowest BCUT2D eigenvalue weighted by atomic mass is 9.46. The molecule has 9 atom stereocenters. The number of aliphatic hydroxyl groups is 3. The minimum atomic E-state index is -1.10. The maximum atomic E-state index is 13.1. The highest BCUT2D eigenvalue weighted by Crippen LogP contribution is 2.68. The van der Waals surface area contributed by atoms with Gasteiger partial charge in [0.25, 0.3) is 0 Å². The third-order valence-electron chi connectivity index (χ3n) is 10.9. The lowest BCUT2D eigenvalue weighted by molar-refractivity contribution is -0.193. The number of fused-ring (bicyclic) bond motifs is 5. The van der Waals surface area contributed by atoms with E-state index in [-0.39, 0.29) is 23.2 Å². The first-order chi connectivity index (χ1) is 16.0. The Morgan fingerprint density at radius 1 is 1.18 bits per heavy atom. The maximum Gasteiger partial charge on any atom is 0.336 e. The van der Waals surface area contributed by atoms with Crippen LogP contribution in [-0.2, 0) is 14.3 Å². The number of cyclic esters (lactones) is 1. The van der Waals surface area contributed by atoms with E-state index in [9.17, 15) is 24.9 Å². The Morgan fingerprint density at radius 3 is 2.59 bits per heavy atom. The molecule has 186 valence electrons. The minimum Gasteiger partial charge on any atom is -0.455 e. The van der Waals surface area contributed by atoms with Crippen molar-refractivity contribution in [2.45, 2.75) is 84.0 Å². The summed E-state index contributed by atoms with van der Waals surface area (Å²) in [7, 11) is 0. The van der Waals surface area contributed by atoms with Crippen molar-refractivity contribution >= 4 is 11.8 Å². The van der Waals surface area contributed by atoms with Crippen LogP contribution in [0.15, 0.2) is 34.9 Å². The van der Waals surface area contributed by atoms with Crippen LogP contribution in [0.4, 0.5) is 0 Å². The summed E-state index contributed by atoms with van der Waals surface area (Å²) in [5, 5.41) is 32.7. The standard InChI is InChI=1S/C28H38O6/c1-15-19(14-29)25(32)34-24(23(15)31)16(2)28(33)13-11-20-18-9-8-17-6-5-7-22(30)27(17,4)21(18)10-12-26(20,28)3/h5,7-8,16,18,20-21,23-24,29,31,33H,6,9-14H2,1-4H3/t16-,18+,20+,21+,23?,24+,26+,27+,28+/m1/s1. The van der Waals surface area contributed by atoms with E-state index in [0.29, 0.717) is 17.9 Å². The first kappa shape index (κ1) is 24.0. The van der Waals surface area contributed by atoms with Crippen molar-refractivity contribution in [3.63, 3.8) is 0 Å². The molecule has 0 radical (unpaired) electrons. The van der Waals surface area contributed by atoms with Gasteiger partial charge in [0.15, 0.2) is 5.78 Å². The molecule has 0 amide bonds. The van der Waals surface area contributed by atoms with E-state index < -0.39 is 47.1 Å². The number of ketones is 1. The van der Waals surface area contributed by atoms with Crippen LogP contribution in [0.2, 0.25) is 0 Å². The largest absolute Gasteiger partial charge is 0.455 e. The Hall–Kier alpha value is -1.76. The molecule has 3 N–H and O–H groups in total. The molecule has 5 aliphatic rings. The van der Waals surface area contributed by atoms with E-state index in [2.05, 4.69) is 19.9 Å². The molecule has 0 saturated heterocycles. The van der Waals surface area contributed by atoms with Crippen LogP contribution in [0.3, 0.4) is 0 Å². The Morgan fingerprint density at radius 2 is 1.88 bits per heavy atom. The fourth-order valence-electron chi connectivity index (χ4n) is 8.64. The zero-order chi connectivity index (χ0) is 24.6. The highest BCUT2D eigenvalue weighted by molar-refractivity contribution is 5.98. The van der Waals surface area contributed by atoms with Gasteiger partial charge in [0.2, 0.25) is 0 Å². The van der Waals surface area contributed by atoms with Gasteiger partial charge in [0, 0.05) is 5.92 Å². The van der Waals surface area contributed by atoms with E-state index in [0.717, 1.165) is 32.1 Å². The molecular weight excluding hydrogens is 432 g/mol. The summed E-state index contributed by atoms with van der Waals surface area (Å²) in [6.45, 7) is 7.35. The number of allylic oxidation sites excluding steroid dienone is 4. The van der Waals surface area contributed by atoms with Gasteiger partial charge in [-0.1, -0.05) is 31.6 Å². The molecule has 4 aliphatic carbocycles. The molecule has 1 heterocycles. The molecule has 0 aromatic rings. The molecule has 1 aliphatic heterocycles. The second-order valence-electron chi connectivity index (χ2n) is 11.9. The van der Waals surface area contributed by atoms with E-state index in [4.69, 9.17) is 4.74 Å². The van der Waals surface area contributed by atoms with Gasteiger partial charge in [0.1, 0.15) is 12.2 Å². The van der Waals surface area contributed by atoms with Crippen molar-refractivity contribution < 1.29 is 29.6 Å². The first-order valence-electron chi connectivity index (χ1n) is 12.8. The SMILES string of the molecule is CC1=C(CO)C(=O)O[C@@H]([C@@H](C)[C@@]2(O)CC[C@H]3[C@@H]4CC=C5CC=CC(=O)[C@]5(C)[C@H]4CC[C@@]32C)C1O. The summed E-state index contributed by atoms with van der Waals surface area (Å²) in [4.78, 5) is 25.6. The topological polar surface area (TPSA) is 104 Å². The van der Waals surface area contributed by atoms with E-state index >= 15 is 0 Å². The van der Waals surface area contributed by atoms with E-state index in [1.165, 1.54) is 5.57 Å². The quantitative estimate of drug-likeness (QED) is 0.432. The van der Waals surface area contributed by atoms with Gasteiger partial charge in [0.05, 0.1) is 23.2 Å². The smallest absolute Gasteiger partial charge is 0.336 e. The van der Waals surface area contributed by atoms with Crippen LogP contribution in [0.1, 0.15) is 66.2 Å². The average molecular weight is 471 g/mol. The highest BCUT2D eigenvalue weighted by atomic mass is 16.6. The third-order valence-corrected chi connectivity index (χ3v) is 10.9. The van der Waals surface area contributed by atoms with Crippen molar-refractivity contribution in [1.29, 1.82) is 0 Å².